The molecule has 2 N–H and O–H groups in total. The zero-order valence-electron chi connectivity index (χ0n) is 11.1. The molecule has 0 aliphatic rings. The highest BCUT2D eigenvalue weighted by molar-refractivity contribution is 5.95. The number of hydrogen-bond acceptors (Lipinski definition) is 4. The molecule has 2 aromatic rings. The van der Waals surface area contributed by atoms with Gasteiger partial charge in [-0.2, -0.15) is 0 Å². The summed E-state index contributed by atoms with van der Waals surface area (Å²) in [5.41, 5.74) is 7.59. The van der Waals surface area contributed by atoms with Crippen molar-refractivity contribution in [2.45, 2.75) is 13.3 Å². The lowest BCUT2D eigenvalue weighted by atomic mass is 10.1. The van der Waals surface area contributed by atoms with Crippen LogP contribution >= 0.6 is 0 Å². The smallest absolute Gasteiger partial charge is 0.340 e. The maximum atomic E-state index is 11.9. The van der Waals surface area contributed by atoms with Crippen LogP contribution in [-0.2, 0) is 18.2 Å². The van der Waals surface area contributed by atoms with Crippen LogP contribution in [0.4, 0.5) is 5.69 Å². The summed E-state index contributed by atoms with van der Waals surface area (Å²) in [7, 11) is 1.91. The lowest BCUT2D eigenvalue weighted by Gasteiger charge is -2.08. The van der Waals surface area contributed by atoms with E-state index in [1.54, 1.807) is 18.3 Å². The number of nitrogen functional groups attached to an aromatic ring is 1. The van der Waals surface area contributed by atoms with Gasteiger partial charge in [-0.25, -0.2) is 9.78 Å². The van der Waals surface area contributed by atoms with Crippen LogP contribution in [0.1, 0.15) is 21.7 Å². The third-order valence-corrected chi connectivity index (χ3v) is 2.91. The van der Waals surface area contributed by atoms with E-state index in [1.807, 2.05) is 30.8 Å². The minimum atomic E-state index is -0.393. The van der Waals surface area contributed by atoms with Crippen LogP contribution < -0.4 is 5.73 Å². The van der Waals surface area contributed by atoms with E-state index in [2.05, 4.69) is 4.98 Å². The van der Waals surface area contributed by atoms with Crippen molar-refractivity contribution in [1.29, 1.82) is 0 Å². The molecule has 0 unspecified atom stereocenters. The minimum absolute atomic E-state index is 0.289. The standard InChI is InChI=1S/C14H17N3O2/c1-10-3-4-12(15)11(9-10)14(18)19-8-5-13-16-6-7-17(13)2/h3-4,6-7,9H,5,8,15H2,1-2H3. The summed E-state index contributed by atoms with van der Waals surface area (Å²) in [4.78, 5) is 16.1. The van der Waals surface area contributed by atoms with Crippen molar-refractivity contribution in [3.05, 3.63) is 47.5 Å². The Morgan fingerprint density at radius 3 is 2.95 bits per heavy atom. The van der Waals surface area contributed by atoms with E-state index in [4.69, 9.17) is 10.5 Å². The SMILES string of the molecule is Cc1ccc(N)c(C(=O)OCCc2nccn2C)c1. The zero-order chi connectivity index (χ0) is 13.8. The van der Waals surface area contributed by atoms with Gasteiger partial charge in [0.1, 0.15) is 5.82 Å². The molecule has 0 atom stereocenters. The Morgan fingerprint density at radius 1 is 1.47 bits per heavy atom. The number of ether oxygens (including phenoxy) is 1. The number of benzene rings is 1. The van der Waals surface area contributed by atoms with E-state index in [9.17, 15) is 4.79 Å². The number of imidazole rings is 1. The predicted molar refractivity (Wildman–Crippen MR) is 72.8 cm³/mol. The number of carbonyl (C=O) groups is 1. The molecule has 0 saturated heterocycles. The Labute approximate surface area is 112 Å². The minimum Gasteiger partial charge on any atom is -0.462 e. The van der Waals surface area contributed by atoms with Gasteiger partial charge in [0, 0.05) is 31.5 Å². The van der Waals surface area contributed by atoms with Gasteiger partial charge in [-0.3, -0.25) is 0 Å². The molecule has 2 rings (SSSR count). The van der Waals surface area contributed by atoms with Crippen molar-refractivity contribution < 1.29 is 9.53 Å². The van der Waals surface area contributed by atoms with Gasteiger partial charge >= 0.3 is 5.97 Å². The first kappa shape index (κ1) is 13.1. The van der Waals surface area contributed by atoms with E-state index < -0.39 is 5.97 Å². The van der Waals surface area contributed by atoms with E-state index in [0.717, 1.165) is 11.4 Å². The largest absolute Gasteiger partial charge is 0.462 e. The molecule has 0 amide bonds. The highest BCUT2D eigenvalue weighted by atomic mass is 16.5. The Kier molecular flexibility index (Phi) is 3.85. The number of hydrogen-bond donors (Lipinski definition) is 1. The lowest BCUT2D eigenvalue weighted by molar-refractivity contribution is 0.0508. The second-order valence-corrected chi connectivity index (χ2v) is 4.43. The molecule has 0 saturated carbocycles. The monoisotopic (exact) mass is 259 g/mol. The first-order valence-corrected chi connectivity index (χ1v) is 6.07. The van der Waals surface area contributed by atoms with Gasteiger partial charge in [0.25, 0.3) is 0 Å². The normalized spacial score (nSPS) is 10.4. The lowest BCUT2D eigenvalue weighted by Crippen LogP contribution is -2.12. The highest BCUT2D eigenvalue weighted by Crippen LogP contribution is 2.15. The van der Waals surface area contributed by atoms with Crippen LogP contribution in [0.25, 0.3) is 0 Å². The van der Waals surface area contributed by atoms with Gasteiger partial charge in [-0.15, -0.1) is 0 Å². The Bertz CT molecular complexity index is 590. The maximum absolute atomic E-state index is 11.9. The number of carbonyl (C=O) groups excluding carboxylic acids is 1. The fourth-order valence-electron chi connectivity index (χ4n) is 1.80. The summed E-state index contributed by atoms with van der Waals surface area (Å²) < 4.78 is 7.12. The Hall–Kier alpha value is -2.30. The predicted octanol–water partition coefficient (Wildman–Crippen LogP) is 1.71. The van der Waals surface area contributed by atoms with Crippen LogP contribution in [0.3, 0.4) is 0 Å². The maximum Gasteiger partial charge on any atom is 0.340 e. The molecule has 5 nitrogen and oxygen atoms in total. The third-order valence-electron chi connectivity index (χ3n) is 2.91. The molecule has 1 aromatic carbocycles. The number of nitrogens with zero attached hydrogens (tertiary/aromatic N) is 2. The molecule has 0 spiro atoms. The number of anilines is 1. The number of aryl methyl sites for hydroxylation is 2. The average Bonchev–Trinajstić information content (AvgIpc) is 2.78. The quantitative estimate of drug-likeness (QED) is 0.670. The molecule has 1 heterocycles. The van der Waals surface area contributed by atoms with E-state index in [-0.39, 0.29) is 6.61 Å². The first-order chi connectivity index (χ1) is 9.08. The van der Waals surface area contributed by atoms with Crippen molar-refractivity contribution in [3.63, 3.8) is 0 Å². The summed E-state index contributed by atoms with van der Waals surface area (Å²) in [6.45, 7) is 2.20. The number of aromatic nitrogens is 2. The van der Waals surface area contributed by atoms with Crippen molar-refractivity contribution >= 4 is 11.7 Å². The van der Waals surface area contributed by atoms with Gasteiger partial charge in [0.2, 0.25) is 0 Å². The second-order valence-electron chi connectivity index (χ2n) is 4.43. The number of esters is 1. The molecule has 1 aromatic heterocycles. The highest BCUT2D eigenvalue weighted by Gasteiger charge is 2.11. The van der Waals surface area contributed by atoms with Crippen LogP contribution in [0.2, 0.25) is 0 Å². The Balaban J connectivity index is 1.94. The molecular weight excluding hydrogens is 242 g/mol. The van der Waals surface area contributed by atoms with Gasteiger partial charge < -0.3 is 15.0 Å². The van der Waals surface area contributed by atoms with Crippen molar-refractivity contribution in [2.24, 2.45) is 7.05 Å². The number of rotatable bonds is 4. The van der Waals surface area contributed by atoms with Gasteiger partial charge in [0.05, 0.1) is 12.2 Å². The fraction of sp³-hybridized carbons (Fsp3) is 0.286. The molecule has 0 aliphatic carbocycles. The topological polar surface area (TPSA) is 70.1 Å². The van der Waals surface area contributed by atoms with Crippen LogP contribution in [-0.4, -0.2) is 22.1 Å². The molecular formula is C14H17N3O2. The van der Waals surface area contributed by atoms with Gasteiger partial charge in [-0.1, -0.05) is 11.6 Å². The van der Waals surface area contributed by atoms with Gasteiger partial charge in [-0.05, 0) is 19.1 Å². The molecule has 19 heavy (non-hydrogen) atoms. The first-order valence-electron chi connectivity index (χ1n) is 6.07. The number of nitrogens with two attached hydrogens (primary N) is 1. The third kappa shape index (κ3) is 3.13. The average molecular weight is 259 g/mol. The second kappa shape index (κ2) is 5.56. The Morgan fingerprint density at radius 2 is 2.26 bits per heavy atom. The summed E-state index contributed by atoms with van der Waals surface area (Å²) in [5.74, 6) is 0.487. The van der Waals surface area contributed by atoms with Crippen LogP contribution in [0.5, 0.6) is 0 Å². The van der Waals surface area contributed by atoms with Crippen molar-refractivity contribution in [1.82, 2.24) is 9.55 Å². The van der Waals surface area contributed by atoms with E-state index in [1.165, 1.54) is 0 Å². The molecule has 0 fully saturated rings. The molecule has 0 radical (unpaired) electrons. The summed E-state index contributed by atoms with van der Waals surface area (Å²) in [6.07, 6.45) is 4.16. The van der Waals surface area contributed by atoms with Crippen molar-refractivity contribution in [3.8, 4) is 0 Å². The zero-order valence-corrected chi connectivity index (χ0v) is 11.1. The summed E-state index contributed by atoms with van der Waals surface area (Å²) in [5, 5.41) is 0. The molecule has 100 valence electrons. The summed E-state index contributed by atoms with van der Waals surface area (Å²) in [6, 6.07) is 5.31. The van der Waals surface area contributed by atoms with Gasteiger partial charge in [0.15, 0.2) is 0 Å². The van der Waals surface area contributed by atoms with Crippen LogP contribution in [0, 0.1) is 6.92 Å². The molecule has 5 heteroatoms. The fourth-order valence-corrected chi connectivity index (χ4v) is 1.80. The molecule has 0 aliphatic heterocycles. The van der Waals surface area contributed by atoms with Crippen LogP contribution in [0.15, 0.2) is 30.6 Å². The summed E-state index contributed by atoms with van der Waals surface area (Å²) >= 11 is 0. The van der Waals surface area contributed by atoms with E-state index >= 15 is 0 Å². The van der Waals surface area contributed by atoms with Crippen molar-refractivity contribution in [2.75, 3.05) is 12.3 Å². The van der Waals surface area contributed by atoms with E-state index in [0.29, 0.717) is 17.7 Å². The molecule has 0 bridgehead atoms.